The van der Waals surface area contributed by atoms with Gasteiger partial charge in [-0.15, -0.1) is 0 Å². The molecule has 0 bridgehead atoms. The van der Waals surface area contributed by atoms with Crippen LogP contribution in [0.5, 0.6) is 0 Å². The summed E-state index contributed by atoms with van der Waals surface area (Å²) in [6, 6.07) is 8.24. The van der Waals surface area contributed by atoms with Gasteiger partial charge in [0.05, 0.1) is 6.26 Å². The molecule has 0 fully saturated rings. The van der Waals surface area contributed by atoms with Gasteiger partial charge in [0.1, 0.15) is 6.61 Å². The van der Waals surface area contributed by atoms with E-state index in [0.717, 1.165) is 0 Å². The molecule has 2 rings (SSSR count). The SMILES string of the molecule is C1=C\C=C/C=C\c2ccccc2CO/C=C\C=C/1. The zero-order valence-corrected chi connectivity index (χ0v) is 10.2. The lowest BCUT2D eigenvalue weighted by atomic mass is 10.1. The minimum atomic E-state index is 0.588. The number of benzene rings is 1. The van der Waals surface area contributed by atoms with Gasteiger partial charge < -0.3 is 4.74 Å². The Hall–Kier alpha value is -2.28. The second kappa shape index (κ2) is 7.13. The van der Waals surface area contributed by atoms with Crippen molar-refractivity contribution in [3.8, 4) is 0 Å². The molecular weight excluding hydrogens is 220 g/mol. The molecule has 1 heteroatoms. The Kier molecular flexibility index (Phi) is 4.82. The lowest BCUT2D eigenvalue weighted by Gasteiger charge is -2.05. The maximum atomic E-state index is 5.50. The normalized spacial score (nSPS) is 23.8. The Labute approximate surface area is 108 Å². The topological polar surface area (TPSA) is 9.23 Å². The van der Waals surface area contributed by atoms with Crippen LogP contribution in [-0.4, -0.2) is 0 Å². The third-order valence-corrected chi connectivity index (χ3v) is 2.52. The van der Waals surface area contributed by atoms with Crippen molar-refractivity contribution >= 4 is 6.08 Å². The molecule has 1 aromatic carbocycles. The highest BCUT2D eigenvalue weighted by Gasteiger charge is 1.97. The minimum absolute atomic E-state index is 0.588. The van der Waals surface area contributed by atoms with Crippen LogP contribution in [0.4, 0.5) is 0 Å². The minimum Gasteiger partial charge on any atom is -0.496 e. The second-order valence-corrected chi connectivity index (χ2v) is 3.85. The molecule has 1 heterocycles. The zero-order valence-electron chi connectivity index (χ0n) is 10.2. The van der Waals surface area contributed by atoms with E-state index in [2.05, 4.69) is 18.2 Å². The largest absolute Gasteiger partial charge is 0.496 e. The van der Waals surface area contributed by atoms with E-state index in [4.69, 9.17) is 4.74 Å². The summed E-state index contributed by atoms with van der Waals surface area (Å²) in [6.07, 6.45) is 19.6. The van der Waals surface area contributed by atoms with Gasteiger partial charge in [-0.2, -0.15) is 0 Å². The summed E-state index contributed by atoms with van der Waals surface area (Å²) in [7, 11) is 0. The first kappa shape index (κ1) is 12.2. The van der Waals surface area contributed by atoms with Crippen molar-refractivity contribution in [1.29, 1.82) is 0 Å². The highest BCUT2D eigenvalue weighted by molar-refractivity contribution is 5.55. The molecular formula is C17H16O. The van der Waals surface area contributed by atoms with E-state index in [-0.39, 0.29) is 0 Å². The van der Waals surface area contributed by atoms with Crippen molar-refractivity contribution in [3.63, 3.8) is 0 Å². The van der Waals surface area contributed by atoms with E-state index in [0.29, 0.717) is 6.61 Å². The molecule has 0 spiro atoms. The lowest BCUT2D eigenvalue weighted by Crippen LogP contribution is -1.90. The van der Waals surface area contributed by atoms with Crippen LogP contribution in [0.3, 0.4) is 0 Å². The molecule has 1 aliphatic rings. The van der Waals surface area contributed by atoms with E-state index in [1.807, 2.05) is 60.7 Å². The van der Waals surface area contributed by atoms with Crippen molar-refractivity contribution in [2.45, 2.75) is 6.61 Å². The number of hydrogen-bond acceptors (Lipinski definition) is 1. The maximum Gasteiger partial charge on any atom is 0.113 e. The third-order valence-electron chi connectivity index (χ3n) is 2.52. The highest BCUT2D eigenvalue weighted by Crippen LogP contribution is 2.12. The van der Waals surface area contributed by atoms with E-state index < -0.39 is 0 Å². The van der Waals surface area contributed by atoms with Gasteiger partial charge in [0.25, 0.3) is 0 Å². The first-order valence-electron chi connectivity index (χ1n) is 5.99. The van der Waals surface area contributed by atoms with E-state index in [9.17, 15) is 0 Å². The molecule has 0 amide bonds. The molecule has 0 saturated heterocycles. The Morgan fingerprint density at radius 1 is 0.722 bits per heavy atom. The Morgan fingerprint density at radius 3 is 2.22 bits per heavy atom. The van der Waals surface area contributed by atoms with Gasteiger partial charge in [-0.25, -0.2) is 0 Å². The smallest absolute Gasteiger partial charge is 0.113 e. The van der Waals surface area contributed by atoms with E-state index in [1.165, 1.54) is 11.1 Å². The average molecular weight is 236 g/mol. The zero-order chi connectivity index (χ0) is 12.5. The van der Waals surface area contributed by atoms with Crippen LogP contribution in [-0.2, 0) is 11.3 Å². The first-order valence-corrected chi connectivity index (χ1v) is 5.99. The maximum absolute atomic E-state index is 5.50. The van der Waals surface area contributed by atoms with Crippen LogP contribution in [0.15, 0.2) is 79.1 Å². The van der Waals surface area contributed by atoms with Crippen LogP contribution >= 0.6 is 0 Å². The molecule has 0 atom stereocenters. The predicted molar refractivity (Wildman–Crippen MR) is 76.8 cm³/mol. The quantitative estimate of drug-likeness (QED) is 0.648. The molecule has 0 saturated carbocycles. The number of allylic oxidation sites excluding steroid dienone is 8. The molecule has 0 unspecified atom stereocenters. The monoisotopic (exact) mass is 236 g/mol. The van der Waals surface area contributed by atoms with Gasteiger partial charge in [-0.1, -0.05) is 72.9 Å². The summed E-state index contributed by atoms with van der Waals surface area (Å²) in [5.41, 5.74) is 2.37. The van der Waals surface area contributed by atoms with E-state index >= 15 is 0 Å². The number of rotatable bonds is 0. The standard InChI is InChI=1S/C17H16O/c1-2-4-6-10-14-18-15-17-13-9-8-12-16(17)11-7-5-3-1/h1-14H,15H2/b2-1-,5-3-,6-4-,11-7-,14-10-. The average Bonchev–Trinajstić information content (AvgIpc) is 2.41. The van der Waals surface area contributed by atoms with Gasteiger partial charge in [-0.3, -0.25) is 0 Å². The molecule has 90 valence electrons. The van der Waals surface area contributed by atoms with Gasteiger partial charge >= 0.3 is 0 Å². The van der Waals surface area contributed by atoms with Crippen molar-refractivity contribution in [3.05, 3.63) is 90.3 Å². The molecule has 0 aliphatic carbocycles. The molecule has 18 heavy (non-hydrogen) atoms. The number of fused-ring (bicyclic) bond motifs is 1. The van der Waals surface area contributed by atoms with Crippen molar-refractivity contribution in [2.24, 2.45) is 0 Å². The van der Waals surface area contributed by atoms with Crippen LogP contribution in [0.1, 0.15) is 11.1 Å². The van der Waals surface area contributed by atoms with Crippen LogP contribution in [0.25, 0.3) is 6.08 Å². The first-order chi connectivity index (χ1) is 8.97. The van der Waals surface area contributed by atoms with Crippen molar-refractivity contribution in [2.75, 3.05) is 0 Å². The lowest BCUT2D eigenvalue weighted by molar-refractivity contribution is 0.236. The fourth-order valence-corrected chi connectivity index (χ4v) is 1.61. The molecule has 0 radical (unpaired) electrons. The Balaban J connectivity index is 2.23. The van der Waals surface area contributed by atoms with Crippen LogP contribution in [0, 0.1) is 0 Å². The fourth-order valence-electron chi connectivity index (χ4n) is 1.61. The Morgan fingerprint density at radius 2 is 1.39 bits per heavy atom. The van der Waals surface area contributed by atoms with E-state index in [1.54, 1.807) is 6.26 Å². The summed E-state index contributed by atoms with van der Waals surface area (Å²) in [5, 5.41) is 0. The summed E-state index contributed by atoms with van der Waals surface area (Å²) in [5.74, 6) is 0. The molecule has 1 nitrogen and oxygen atoms in total. The van der Waals surface area contributed by atoms with Gasteiger partial charge in [0.15, 0.2) is 0 Å². The summed E-state index contributed by atoms with van der Waals surface area (Å²) in [4.78, 5) is 0. The predicted octanol–water partition coefficient (Wildman–Crippen LogP) is 4.41. The van der Waals surface area contributed by atoms with Gasteiger partial charge in [0, 0.05) is 0 Å². The number of ether oxygens (including phenoxy) is 1. The van der Waals surface area contributed by atoms with Gasteiger partial charge in [-0.05, 0) is 17.2 Å². The van der Waals surface area contributed by atoms with Crippen molar-refractivity contribution in [1.82, 2.24) is 0 Å². The summed E-state index contributed by atoms with van der Waals surface area (Å²) in [6.45, 7) is 0.588. The Bertz CT molecular complexity index is 516. The highest BCUT2D eigenvalue weighted by atomic mass is 16.5. The molecule has 0 N–H and O–H groups in total. The second-order valence-electron chi connectivity index (χ2n) is 3.85. The molecule has 0 aromatic heterocycles. The molecule has 1 aliphatic heterocycles. The van der Waals surface area contributed by atoms with Crippen LogP contribution < -0.4 is 0 Å². The summed E-state index contributed by atoms with van der Waals surface area (Å²) < 4.78 is 5.50. The molecule has 1 aromatic rings. The third kappa shape index (κ3) is 3.95. The number of hydrogen-bond donors (Lipinski definition) is 0. The van der Waals surface area contributed by atoms with Crippen LogP contribution in [0.2, 0.25) is 0 Å². The summed E-state index contributed by atoms with van der Waals surface area (Å²) >= 11 is 0. The fraction of sp³-hybridized carbons (Fsp3) is 0.0588. The van der Waals surface area contributed by atoms with Gasteiger partial charge in [0.2, 0.25) is 0 Å². The van der Waals surface area contributed by atoms with Crippen molar-refractivity contribution < 1.29 is 4.74 Å².